The number of ether oxygens (including phenoxy) is 1. The summed E-state index contributed by atoms with van der Waals surface area (Å²) in [5.74, 6) is -1.60. The van der Waals surface area contributed by atoms with Crippen LogP contribution in [0.4, 0.5) is 27.6 Å². The fourth-order valence-electron chi connectivity index (χ4n) is 1.36. The Hall–Kier alpha value is -2.51. The van der Waals surface area contributed by atoms with Crippen LogP contribution >= 0.6 is 0 Å². The highest BCUT2D eigenvalue weighted by Crippen LogP contribution is 2.39. The van der Waals surface area contributed by atoms with Crippen molar-refractivity contribution in [2.24, 2.45) is 0 Å². The molecule has 20 heavy (non-hydrogen) atoms. The molecule has 0 aliphatic carbocycles. The topological polar surface area (TPSA) is 89.0 Å². The van der Waals surface area contributed by atoms with Crippen LogP contribution in [0.25, 0.3) is 0 Å². The lowest BCUT2D eigenvalue weighted by molar-refractivity contribution is -0.390. The zero-order valence-corrected chi connectivity index (χ0v) is 9.32. The molecule has 0 bridgehead atoms. The smallest absolute Gasteiger partial charge is 0.381 e. The van der Waals surface area contributed by atoms with Crippen molar-refractivity contribution in [2.45, 2.75) is 19.2 Å². The van der Waals surface area contributed by atoms with Gasteiger partial charge in [0.1, 0.15) is 5.56 Å². The van der Waals surface area contributed by atoms with Crippen LogP contribution in [-0.4, -0.2) is 16.3 Å². The minimum Gasteiger partial charge on any atom is -0.381 e. The van der Waals surface area contributed by atoms with Crippen molar-refractivity contribution in [1.82, 2.24) is 4.98 Å². The Labute approximate surface area is 107 Å². The summed E-state index contributed by atoms with van der Waals surface area (Å²) in [6, 6.07) is 1.45. The summed E-state index contributed by atoms with van der Waals surface area (Å²) in [6.07, 6.45) is -8.94. The second kappa shape index (κ2) is 5.64. The first-order valence-electron chi connectivity index (χ1n) is 4.74. The van der Waals surface area contributed by atoms with E-state index in [1.807, 2.05) is 0 Å². The maximum absolute atomic E-state index is 12.8. The van der Waals surface area contributed by atoms with Crippen LogP contribution in [0, 0.1) is 21.4 Å². The molecular formula is C9H4F5N3O3. The SMILES string of the molecule is N#CCc1cnc(OC(F)(F)F)c([N+](=O)[O-])c1C(F)F. The zero-order valence-electron chi connectivity index (χ0n) is 9.32. The highest BCUT2D eigenvalue weighted by Gasteiger charge is 2.39. The lowest BCUT2D eigenvalue weighted by Gasteiger charge is -2.12. The molecule has 0 amide bonds. The average Bonchev–Trinajstić information content (AvgIpc) is 2.28. The molecule has 0 saturated heterocycles. The molecule has 0 radical (unpaired) electrons. The molecule has 0 saturated carbocycles. The summed E-state index contributed by atoms with van der Waals surface area (Å²) in [5.41, 5.74) is -3.46. The molecule has 0 fully saturated rings. The van der Waals surface area contributed by atoms with E-state index in [4.69, 9.17) is 5.26 Å². The number of rotatable bonds is 4. The number of nitriles is 1. The molecule has 0 aromatic carbocycles. The monoisotopic (exact) mass is 297 g/mol. The molecule has 1 aromatic heterocycles. The van der Waals surface area contributed by atoms with Crippen molar-refractivity contribution >= 4 is 5.69 Å². The molecule has 0 spiro atoms. The van der Waals surface area contributed by atoms with E-state index >= 15 is 0 Å². The van der Waals surface area contributed by atoms with Crippen LogP contribution in [0.15, 0.2) is 6.20 Å². The summed E-state index contributed by atoms with van der Waals surface area (Å²) in [7, 11) is 0. The van der Waals surface area contributed by atoms with Gasteiger partial charge in [-0.15, -0.1) is 13.2 Å². The highest BCUT2D eigenvalue weighted by molar-refractivity contribution is 5.53. The molecule has 1 rings (SSSR count). The Morgan fingerprint density at radius 1 is 1.50 bits per heavy atom. The Balaban J connectivity index is 3.53. The van der Waals surface area contributed by atoms with Crippen molar-refractivity contribution < 1.29 is 31.6 Å². The second-order valence-corrected chi connectivity index (χ2v) is 3.29. The van der Waals surface area contributed by atoms with E-state index in [9.17, 15) is 32.1 Å². The first-order valence-corrected chi connectivity index (χ1v) is 4.74. The number of alkyl halides is 5. The molecule has 108 valence electrons. The summed E-state index contributed by atoms with van der Waals surface area (Å²) in [6.45, 7) is 0. The molecular weight excluding hydrogens is 293 g/mol. The number of aromatic nitrogens is 1. The lowest BCUT2D eigenvalue weighted by Crippen LogP contribution is -2.19. The Bertz CT molecular complexity index is 567. The van der Waals surface area contributed by atoms with Gasteiger partial charge < -0.3 is 4.74 Å². The Kier molecular flexibility index (Phi) is 4.38. The third-order valence-electron chi connectivity index (χ3n) is 2.02. The van der Waals surface area contributed by atoms with Crippen molar-refractivity contribution in [3.05, 3.63) is 27.4 Å². The second-order valence-electron chi connectivity index (χ2n) is 3.29. The van der Waals surface area contributed by atoms with Crippen LogP contribution in [0.3, 0.4) is 0 Å². The molecule has 11 heteroatoms. The van der Waals surface area contributed by atoms with Crippen molar-refractivity contribution in [2.75, 3.05) is 0 Å². The number of pyridine rings is 1. The lowest BCUT2D eigenvalue weighted by atomic mass is 10.1. The van der Waals surface area contributed by atoms with E-state index in [0.717, 1.165) is 0 Å². The van der Waals surface area contributed by atoms with Gasteiger partial charge in [0.15, 0.2) is 0 Å². The normalized spacial score (nSPS) is 11.2. The van der Waals surface area contributed by atoms with Gasteiger partial charge in [0.2, 0.25) is 0 Å². The zero-order chi connectivity index (χ0) is 15.5. The first kappa shape index (κ1) is 15.5. The maximum Gasteiger partial charge on any atom is 0.574 e. The minimum absolute atomic E-state index is 0.513. The van der Waals surface area contributed by atoms with Crippen LogP contribution in [0.1, 0.15) is 17.6 Å². The van der Waals surface area contributed by atoms with Crippen molar-refractivity contribution in [1.29, 1.82) is 5.26 Å². The standard InChI is InChI=1S/C9H4F5N3O3/c10-7(11)5-4(1-2-15)3-16-8(6(5)17(18)19)20-9(12,13)14/h3,7H,1H2. The third-order valence-corrected chi connectivity index (χ3v) is 2.02. The molecule has 0 N–H and O–H groups in total. The maximum atomic E-state index is 12.8. The summed E-state index contributed by atoms with van der Waals surface area (Å²) in [5, 5.41) is 19.1. The van der Waals surface area contributed by atoms with E-state index in [1.54, 1.807) is 0 Å². The van der Waals surface area contributed by atoms with Gasteiger partial charge in [0.25, 0.3) is 6.43 Å². The molecule has 0 aliphatic rings. The molecule has 1 heterocycles. The van der Waals surface area contributed by atoms with E-state index in [2.05, 4.69) is 9.72 Å². The molecule has 1 aromatic rings. The van der Waals surface area contributed by atoms with Gasteiger partial charge >= 0.3 is 17.9 Å². The van der Waals surface area contributed by atoms with Crippen LogP contribution < -0.4 is 4.74 Å². The van der Waals surface area contributed by atoms with Crippen LogP contribution in [0.5, 0.6) is 5.88 Å². The molecule has 0 atom stereocenters. The summed E-state index contributed by atoms with van der Waals surface area (Å²) < 4.78 is 65.0. The predicted molar refractivity (Wildman–Crippen MR) is 51.8 cm³/mol. The largest absolute Gasteiger partial charge is 0.574 e. The van der Waals surface area contributed by atoms with Gasteiger partial charge in [0, 0.05) is 11.8 Å². The predicted octanol–water partition coefficient (Wildman–Crippen LogP) is 2.89. The number of hydrogen-bond acceptors (Lipinski definition) is 5. The fraction of sp³-hybridized carbons (Fsp3) is 0.333. The quantitative estimate of drug-likeness (QED) is 0.484. The third kappa shape index (κ3) is 3.50. The van der Waals surface area contributed by atoms with E-state index < -0.39 is 46.8 Å². The highest BCUT2D eigenvalue weighted by atomic mass is 19.4. The molecule has 0 unspecified atom stereocenters. The number of nitrogens with zero attached hydrogens (tertiary/aromatic N) is 3. The van der Waals surface area contributed by atoms with Crippen LogP contribution in [0.2, 0.25) is 0 Å². The van der Waals surface area contributed by atoms with Gasteiger partial charge in [-0.2, -0.15) is 5.26 Å². The van der Waals surface area contributed by atoms with Gasteiger partial charge in [-0.1, -0.05) is 0 Å². The van der Waals surface area contributed by atoms with Crippen molar-refractivity contribution in [3.63, 3.8) is 0 Å². The Morgan fingerprint density at radius 3 is 2.50 bits per heavy atom. The molecule has 6 nitrogen and oxygen atoms in total. The van der Waals surface area contributed by atoms with Gasteiger partial charge in [-0.3, -0.25) is 10.1 Å². The summed E-state index contributed by atoms with van der Waals surface area (Å²) >= 11 is 0. The summed E-state index contributed by atoms with van der Waals surface area (Å²) in [4.78, 5) is 12.2. The Morgan fingerprint density at radius 2 is 2.10 bits per heavy atom. The van der Waals surface area contributed by atoms with E-state index in [1.165, 1.54) is 6.07 Å². The van der Waals surface area contributed by atoms with Gasteiger partial charge in [0.05, 0.1) is 17.4 Å². The van der Waals surface area contributed by atoms with Gasteiger partial charge in [-0.25, -0.2) is 13.8 Å². The molecule has 0 aliphatic heterocycles. The van der Waals surface area contributed by atoms with E-state index in [0.29, 0.717) is 6.20 Å². The number of halogens is 5. The van der Waals surface area contributed by atoms with Crippen molar-refractivity contribution in [3.8, 4) is 11.9 Å². The number of hydrogen-bond donors (Lipinski definition) is 0. The van der Waals surface area contributed by atoms with Gasteiger partial charge in [-0.05, 0) is 0 Å². The van der Waals surface area contributed by atoms with Crippen LogP contribution in [-0.2, 0) is 6.42 Å². The average molecular weight is 297 g/mol. The minimum atomic E-state index is -5.33. The van der Waals surface area contributed by atoms with E-state index in [-0.39, 0.29) is 0 Å². The fourth-order valence-corrected chi connectivity index (χ4v) is 1.36. The number of nitro groups is 1. The first-order chi connectivity index (χ1) is 9.17.